The van der Waals surface area contributed by atoms with E-state index in [2.05, 4.69) is 0 Å². The molecular formula is C20H18F2N2O3. The van der Waals surface area contributed by atoms with Crippen molar-refractivity contribution in [2.45, 2.75) is 20.1 Å². The van der Waals surface area contributed by atoms with Gasteiger partial charge >= 0.3 is 0 Å². The molecule has 27 heavy (non-hydrogen) atoms. The first-order chi connectivity index (χ1) is 13.0. The highest BCUT2D eigenvalue weighted by molar-refractivity contribution is 5.75. The summed E-state index contributed by atoms with van der Waals surface area (Å²) in [5.41, 5.74) is 0.862. The Labute approximate surface area is 156 Å². The van der Waals surface area contributed by atoms with Gasteiger partial charge in [-0.3, -0.25) is 4.79 Å². The van der Waals surface area contributed by atoms with Crippen molar-refractivity contribution in [1.82, 2.24) is 0 Å². The van der Waals surface area contributed by atoms with Crippen LogP contribution < -0.4 is 0 Å². The van der Waals surface area contributed by atoms with Crippen LogP contribution in [0.3, 0.4) is 0 Å². The van der Waals surface area contributed by atoms with Crippen molar-refractivity contribution in [3.63, 3.8) is 0 Å². The zero-order valence-electron chi connectivity index (χ0n) is 14.9. The molecule has 0 spiro atoms. The Kier molecular flexibility index (Phi) is 9.32. The molecule has 2 rings (SSSR count). The van der Waals surface area contributed by atoms with Crippen molar-refractivity contribution in [1.29, 1.82) is 10.5 Å². The van der Waals surface area contributed by atoms with Gasteiger partial charge in [0.25, 0.3) is 0 Å². The number of rotatable bonds is 6. The molecule has 7 heteroatoms. The second-order valence-electron chi connectivity index (χ2n) is 5.06. The summed E-state index contributed by atoms with van der Waals surface area (Å²) >= 11 is 0. The van der Waals surface area contributed by atoms with Gasteiger partial charge in [0.2, 0.25) is 0 Å². The van der Waals surface area contributed by atoms with Gasteiger partial charge in [-0.2, -0.15) is 10.5 Å². The SMILES string of the molecule is CCOC(OCC)c1ccc(F)c(C#N)c1.N#Cc1cc(C=O)ccc1F. The third-order valence-electron chi connectivity index (χ3n) is 3.27. The highest BCUT2D eigenvalue weighted by atomic mass is 19.1. The van der Waals surface area contributed by atoms with Gasteiger partial charge in [0, 0.05) is 24.3 Å². The van der Waals surface area contributed by atoms with Gasteiger partial charge < -0.3 is 9.47 Å². The van der Waals surface area contributed by atoms with Crippen LogP contribution in [0.15, 0.2) is 36.4 Å². The highest BCUT2D eigenvalue weighted by Crippen LogP contribution is 2.21. The van der Waals surface area contributed by atoms with Crippen molar-refractivity contribution in [2.24, 2.45) is 0 Å². The van der Waals surface area contributed by atoms with Crippen LogP contribution in [0.5, 0.6) is 0 Å². The first-order valence-corrected chi connectivity index (χ1v) is 8.08. The maximum atomic E-state index is 13.1. The third kappa shape index (κ3) is 6.59. The summed E-state index contributed by atoms with van der Waals surface area (Å²) in [5, 5.41) is 17.0. The van der Waals surface area contributed by atoms with E-state index in [1.807, 2.05) is 13.8 Å². The summed E-state index contributed by atoms with van der Waals surface area (Å²) in [7, 11) is 0. The lowest BCUT2D eigenvalue weighted by molar-refractivity contribution is -0.140. The topological polar surface area (TPSA) is 83.1 Å². The first kappa shape index (κ1) is 21.9. The number of benzene rings is 2. The van der Waals surface area contributed by atoms with E-state index >= 15 is 0 Å². The fraction of sp³-hybridized carbons (Fsp3) is 0.250. The molecule has 0 amide bonds. The Bertz CT molecular complexity index is 851. The molecule has 0 saturated heterocycles. The lowest BCUT2D eigenvalue weighted by Crippen LogP contribution is -2.09. The van der Waals surface area contributed by atoms with Gasteiger partial charge in [0.05, 0.1) is 11.1 Å². The van der Waals surface area contributed by atoms with Gasteiger partial charge in [-0.05, 0) is 44.2 Å². The van der Waals surface area contributed by atoms with E-state index in [0.29, 0.717) is 30.6 Å². The molecular weight excluding hydrogens is 354 g/mol. The quantitative estimate of drug-likeness (QED) is 0.558. The third-order valence-corrected chi connectivity index (χ3v) is 3.27. The van der Waals surface area contributed by atoms with E-state index in [1.54, 1.807) is 18.2 Å². The Hall–Kier alpha value is -3.13. The number of nitrogens with zero attached hydrogens (tertiary/aromatic N) is 2. The predicted octanol–water partition coefficient (Wildman–Crippen LogP) is 4.28. The van der Waals surface area contributed by atoms with Gasteiger partial charge in [-0.15, -0.1) is 0 Å². The van der Waals surface area contributed by atoms with Crippen LogP contribution in [0, 0.1) is 34.3 Å². The van der Waals surface area contributed by atoms with Crippen LogP contribution in [-0.4, -0.2) is 19.5 Å². The van der Waals surface area contributed by atoms with Gasteiger partial charge in [0.1, 0.15) is 30.1 Å². The second-order valence-corrected chi connectivity index (χ2v) is 5.06. The zero-order valence-corrected chi connectivity index (χ0v) is 14.9. The first-order valence-electron chi connectivity index (χ1n) is 8.08. The van der Waals surface area contributed by atoms with E-state index in [9.17, 15) is 13.6 Å². The average molecular weight is 372 g/mol. The molecule has 0 radical (unpaired) electrons. The fourth-order valence-electron chi connectivity index (χ4n) is 2.02. The van der Waals surface area contributed by atoms with E-state index in [0.717, 1.165) is 6.07 Å². The molecule has 5 nitrogen and oxygen atoms in total. The van der Waals surface area contributed by atoms with Crippen molar-refractivity contribution in [2.75, 3.05) is 13.2 Å². The Morgan fingerprint density at radius 3 is 1.96 bits per heavy atom. The minimum absolute atomic E-state index is 0.00176. The summed E-state index contributed by atoms with van der Waals surface area (Å²) in [4.78, 5) is 10.2. The minimum atomic E-state index is -0.599. The van der Waals surface area contributed by atoms with E-state index in [-0.39, 0.29) is 11.1 Å². The van der Waals surface area contributed by atoms with E-state index < -0.39 is 17.9 Å². The summed E-state index contributed by atoms with van der Waals surface area (Å²) < 4.78 is 36.4. The highest BCUT2D eigenvalue weighted by Gasteiger charge is 2.13. The smallest absolute Gasteiger partial charge is 0.183 e. The number of carbonyl (C=O) groups excluding carboxylic acids is 1. The van der Waals surface area contributed by atoms with Crippen molar-refractivity contribution in [3.8, 4) is 12.1 Å². The van der Waals surface area contributed by atoms with Gasteiger partial charge in [-0.25, -0.2) is 8.78 Å². The molecule has 2 aromatic carbocycles. The van der Waals surface area contributed by atoms with Crippen LogP contribution in [0.25, 0.3) is 0 Å². The molecule has 0 bridgehead atoms. The second kappa shape index (κ2) is 11.5. The Morgan fingerprint density at radius 1 is 0.963 bits per heavy atom. The summed E-state index contributed by atoms with van der Waals surface area (Å²) in [6, 6.07) is 11.3. The number of hydrogen-bond donors (Lipinski definition) is 0. The van der Waals surface area contributed by atoms with E-state index in [1.165, 1.54) is 24.3 Å². The Balaban J connectivity index is 0.000000289. The number of halogens is 2. The van der Waals surface area contributed by atoms with Crippen LogP contribution >= 0.6 is 0 Å². The summed E-state index contributed by atoms with van der Waals surface area (Å²) in [6.07, 6.45) is 0.0306. The largest absolute Gasteiger partial charge is 0.349 e. The van der Waals surface area contributed by atoms with Crippen LogP contribution in [0.2, 0.25) is 0 Å². The molecule has 0 N–H and O–H groups in total. The normalized spacial score (nSPS) is 9.74. The van der Waals surface area contributed by atoms with Gasteiger partial charge in [-0.1, -0.05) is 6.07 Å². The number of nitriles is 2. The molecule has 0 aliphatic rings. The molecule has 0 aromatic heterocycles. The lowest BCUT2D eigenvalue weighted by Gasteiger charge is -2.17. The predicted molar refractivity (Wildman–Crippen MR) is 93.6 cm³/mol. The van der Waals surface area contributed by atoms with Crippen LogP contribution in [0.1, 0.15) is 47.2 Å². The lowest BCUT2D eigenvalue weighted by atomic mass is 10.1. The molecule has 2 aromatic rings. The molecule has 140 valence electrons. The van der Waals surface area contributed by atoms with Gasteiger partial charge in [0.15, 0.2) is 6.29 Å². The molecule has 0 fully saturated rings. The average Bonchev–Trinajstić information content (AvgIpc) is 2.69. The zero-order chi connectivity index (χ0) is 20.2. The van der Waals surface area contributed by atoms with Crippen molar-refractivity contribution in [3.05, 3.63) is 70.3 Å². The number of carbonyl (C=O) groups is 1. The van der Waals surface area contributed by atoms with E-state index in [4.69, 9.17) is 20.0 Å². The van der Waals surface area contributed by atoms with Crippen LogP contribution in [0.4, 0.5) is 8.78 Å². The maximum Gasteiger partial charge on any atom is 0.183 e. The minimum Gasteiger partial charge on any atom is -0.349 e. The number of aldehydes is 1. The number of hydrogen-bond acceptors (Lipinski definition) is 5. The molecule has 0 aliphatic heterocycles. The molecule has 0 aliphatic carbocycles. The molecule has 0 atom stereocenters. The van der Waals surface area contributed by atoms with Crippen molar-refractivity contribution >= 4 is 6.29 Å². The van der Waals surface area contributed by atoms with Crippen LogP contribution in [-0.2, 0) is 9.47 Å². The monoisotopic (exact) mass is 372 g/mol. The Morgan fingerprint density at radius 2 is 1.48 bits per heavy atom. The standard InChI is InChI=1S/C12H14FNO2.C8H4FNO/c1-3-15-12(16-4-2)9-5-6-11(13)10(7-9)8-14;9-8-2-1-6(5-11)3-7(8)4-10/h5-7,12H,3-4H2,1-2H3;1-3,5H. The summed E-state index contributed by atoms with van der Waals surface area (Å²) in [5.74, 6) is -1.13. The molecule has 0 unspecified atom stereocenters. The molecule has 0 saturated carbocycles. The molecule has 0 heterocycles. The fourth-order valence-corrected chi connectivity index (χ4v) is 2.02. The summed E-state index contributed by atoms with van der Waals surface area (Å²) in [6.45, 7) is 4.68. The van der Waals surface area contributed by atoms with Crippen molar-refractivity contribution < 1.29 is 23.0 Å². The maximum absolute atomic E-state index is 13.1. The number of ether oxygens (including phenoxy) is 2.